The minimum Gasteiger partial charge on any atom is -0.461 e. The smallest absolute Gasteiger partial charge is 0.408 e. The summed E-state index contributed by atoms with van der Waals surface area (Å²) in [5, 5.41) is 15.1. The number of benzene rings is 2. The Balaban J connectivity index is 1.46. The van der Waals surface area contributed by atoms with Crippen LogP contribution in [0.15, 0.2) is 35.2 Å². The molecule has 2 saturated carbocycles. The normalized spacial score (nSPS) is 23.3. The van der Waals surface area contributed by atoms with Gasteiger partial charge < -0.3 is 25.2 Å². The molecule has 258 valence electrons. The largest absolute Gasteiger partial charge is 0.461 e. The number of carbonyl (C=O) groups excluding carboxylic acids is 3. The third kappa shape index (κ3) is 8.39. The van der Waals surface area contributed by atoms with Gasteiger partial charge in [-0.2, -0.15) is 0 Å². The van der Waals surface area contributed by atoms with E-state index in [4.69, 9.17) is 21.1 Å². The lowest BCUT2D eigenvalue weighted by atomic mass is 9.77. The van der Waals surface area contributed by atoms with Gasteiger partial charge in [-0.05, 0) is 82.4 Å². The molecule has 2 aromatic carbocycles. The van der Waals surface area contributed by atoms with Crippen molar-refractivity contribution in [1.82, 2.24) is 5.32 Å². The summed E-state index contributed by atoms with van der Waals surface area (Å²) in [6.07, 6.45) is 0.157. The number of carbonyl (C=O) groups is 3. The van der Waals surface area contributed by atoms with E-state index in [1.165, 1.54) is 12.1 Å². The lowest BCUT2D eigenvalue weighted by molar-refractivity contribution is -0.158. The Morgan fingerprint density at radius 3 is 2.15 bits per heavy atom. The predicted octanol–water partition coefficient (Wildman–Crippen LogP) is 5.80. The van der Waals surface area contributed by atoms with Crippen LogP contribution in [0.3, 0.4) is 0 Å². The van der Waals surface area contributed by atoms with Crippen LogP contribution in [-0.4, -0.2) is 60.6 Å². The molecule has 0 radical (unpaired) electrons. The van der Waals surface area contributed by atoms with Crippen LogP contribution >= 0.6 is 11.6 Å². The molecule has 2 bridgehead atoms. The quantitative estimate of drug-likeness (QED) is 0.220. The molecular formula is C32H38ClF3N2O8S. The molecule has 0 saturated heterocycles. The first-order valence-corrected chi connectivity index (χ1v) is 17.0. The third-order valence-electron chi connectivity index (χ3n) is 8.30. The van der Waals surface area contributed by atoms with Crippen LogP contribution < -0.4 is 10.6 Å². The van der Waals surface area contributed by atoms with Crippen LogP contribution in [0.2, 0.25) is 5.02 Å². The van der Waals surface area contributed by atoms with Gasteiger partial charge in [0.2, 0.25) is 0 Å². The zero-order valence-corrected chi connectivity index (χ0v) is 28.1. The van der Waals surface area contributed by atoms with E-state index in [2.05, 4.69) is 10.6 Å². The van der Waals surface area contributed by atoms with Gasteiger partial charge in [0.15, 0.2) is 27.3 Å². The van der Waals surface area contributed by atoms with Crippen molar-refractivity contribution in [2.75, 3.05) is 11.9 Å². The number of esters is 1. The van der Waals surface area contributed by atoms with Gasteiger partial charge in [0.1, 0.15) is 18.2 Å². The summed E-state index contributed by atoms with van der Waals surface area (Å²) in [5.74, 6) is -7.82. The van der Waals surface area contributed by atoms with E-state index < -0.39 is 86.2 Å². The Hall–Kier alpha value is -3.36. The van der Waals surface area contributed by atoms with Crippen molar-refractivity contribution in [1.29, 1.82) is 0 Å². The summed E-state index contributed by atoms with van der Waals surface area (Å²) in [4.78, 5) is 37.8. The second kappa shape index (κ2) is 13.6. The maximum Gasteiger partial charge on any atom is 0.408 e. The number of rotatable bonds is 9. The maximum absolute atomic E-state index is 14.0. The zero-order valence-electron chi connectivity index (χ0n) is 26.5. The first-order chi connectivity index (χ1) is 21.7. The molecule has 2 amide bonds. The third-order valence-corrected chi connectivity index (χ3v) is 11.2. The van der Waals surface area contributed by atoms with Crippen molar-refractivity contribution in [2.45, 2.75) is 87.7 Å². The van der Waals surface area contributed by atoms with Gasteiger partial charge in [0, 0.05) is 23.4 Å². The van der Waals surface area contributed by atoms with Crippen LogP contribution in [0.25, 0.3) is 0 Å². The monoisotopic (exact) mass is 702 g/mol. The lowest BCUT2D eigenvalue weighted by Crippen LogP contribution is -2.51. The van der Waals surface area contributed by atoms with Crippen molar-refractivity contribution in [3.8, 4) is 0 Å². The number of ether oxygens (including phenoxy) is 2. The number of hydrogen-bond donors (Lipinski definition) is 3. The van der Waals surface area contributed by atoms with E-state index in [9.17, 15) is 41.1 Å². The predicted molar refractivity (Wildman–Crippen MR) is 166 cm³/mol. The van der Waals surface area contributed by atoms with Crippen LogP contribution in [0.5, 0.6) is 0 Å². The molecule has 3 N–H and O–H groups in total. The zero-order chi connectivity index (χ0) is 35.1. The second-order valence-electron chi connectivity index (χ2n) is 13.6. The lowest BCUT2D eigenvalue weighted by Gasteiger charge is -2.40. The minimum absolute atomic E-state index is 0.00596. The van der Waals surface area contributed by atoms with Crippen LogP contribution in [0.1, 0.15) is 70.7 Å². The van der Waals surface area contributed by atoms with E-state index >= 15 is 0 Å². The molecule has 2 aliphatic rings. The first-order valence-electron chi connectivity index (χ1n) is 15.1. The number of alkyl carbamates (subject to hydrolysis) is 1. The number of aliphatic hydroxyl groups is 1. The highest BCUT2D eigenvalue weighted by molar-refractivity contribution is 7.92. The van der Waals surface area contributed by atoms with Crippen molar-refractivity contribution in [3.63, 3.8) is 0 Å². The summed E-state index contributed by atoms with van der Waals surface area (Å²) in [6, 6.07) is 3.64. The SMILES string of the molecule is CC(C)[C@H](NC(=O)OC(C)(C)C)C(=O)OCC1(O)CC2CC[C@@H](C1)C2S(=O)(=O)c1cc(C(=O)Nc2cc(F)c(F)c(F)c2)ccc1Cl. The summed E-state index contributed by atoms with van der Waals surface area (Å²) in [7, 11) is -4.17. The number of fused-ring (bicyclic) bond motifs is 2. The maximum atomic E-state index is 14.0. The molecule has 5 atom stereocenters. The minimum atomic E-state index is -4.17. The van der Waals surface area contributed by atoms with Gasteiger partial charge in [-0.1, -0.05) is 25.4 Å². The van der Waals surface area contributed by atoms with Crippen LogP contribution in [0.4, 0.5) is 23.7 Å². The van der Waals surface area contributed by atoms with Gasteiger partial charge in [-0.25, -0.2) is 31.2 Å². The average Bonchev–Trinajstić information content (AvgIpc) is 3.25. The molecule has 3 unspecified atom stereocenters. The summed E-state index contributed by atoms with van der Waals surface area (Å²) in [5.41, 5.74) is -2.86. The van der Waals surface area contributed by atoms with E-state index in [-0.39, 0.29) is 39.9 Å². The standard InChI is InChI=1S/C32H38ClF3N2O8S/c1-16(2)26(38-30(41)46-31(3,4)5)29(40)45-15-32(42)13-18-6-7-19(14-32)27(18)47(43,44)24-10-17(8-9-21(24)33)28(39)37-20-11-22(34)25(36)23(35)12-20/h8-12,16,18-19,26-27,42H,6-7,13-15H2,1-5H3,(H,37,39)(H,38,41)/t18-,19?,26-,27?,32?/m0/s1. The van der Waals surface area contributed by atoms with Gasteiger partial charge >= 0.3 is 12.1 Å². The van der Waals surface area contributed by atoms with Gasteiger partial charge in [0.05, 0.1) is 20.8 Å². The Morgan fingerprint density at radius 2 is 1.62 bits per heavy atom. The van der Waals surface area contributed by atoms with E-state index in [1.54, 1.807) is 34.6 Å². The van der Waals surface area contributed by atoms with Crippen LogP contribution in [-0.2, 0) is 24.1 Å². The Morgan fingerprint density at radius 1 is 1.04 bits per heavy atom. The number of halogens is 4. The molecule has 10 nitrogen and oxygen atoms in total. The second-order valence-corrected chi connectivity index (χ2v) is 16.0. The highest BCUT2D eigenvalue weighted by atomic mass is 35.5. The van der Waals surface area contributed by atoms with E-state index in [0.717, 1.165) is 6.07 Å². The number of anilines is 1. The first kappa shape index (κ1) is 36.5. The summed E-state index contributed by atoms with van der Waals surface area (Å²) < 4.78 is 79.3. The number of hydrogen-bond acceptors (Lipinski definition) is 8. The van der Waals surface area contributed by atoms with Crippen molar-refractivity contribution < 1.29 is 50.6 Å². The highest BCUT2D eigenvalue weighted by Gasteiger charge is 2.55. The molecule has 0 aromatic heterocycles. The summed E-state index contributed by atoms with van der Waals surface area (Å²) in [6.45, 7) is 8.05. The molecule has 0 aliphatic heterocycles. The molecule has 4 rings (SSSR count). The molecular weight excluding hydrogens is 665 g/mol. The van der Waals surface area contributed by atoms with Crippen molar-refractivity contribution >= 4 is 45.1 Å². The van der Waals surface area contributed by atoms with E-state index in [0.29, 0.717) is 25.0 Å². The molecule has 2 aromatic rings. The van der Waals surface area contributed by atoms with Gasteiger partial charge in [-0.3, -0.25) is 4.79 Å². The van der Waals surface area contributed by atoms with Gasteiger partial charge in [0.25, 0.3) is 5.91 Å². The van der Waals surface area contributed by atoms with Crippen molar-refractivity contribution in [3.05, 3.63) is 58.4 Å². The van der Waals surface area contributed by atoms with Crippen LogP contribution in [0, 0.1) is 35.2 Å². The number of sulfone groups is 1. The Bertz CT molecular complexity index is 1630. The summed E-state index contributed by atoms with van der Waals surface area (Å²) >= 11 is 6.31. The Labute approximate surface area is 276 Å². The Kier molecular flexibility index (Phi) is 10.6. The fraction of sp³-hybridized carbons (Fsp3) is 0.531. The molecule has 2 aliphatic carbocycles. The van der Waals surface area contributed by atoms with Gasteiger partial charge in [-0.15, -0.1) is 0 Å². The number of amides is 2. The topological polar surface area (TPSA) is 148 Å². The van der Waals surface area contributed by atoms with Crippen molar-refractivity contribution in [2.24, 2.45) is 17.8 Å². The molecule has 0 spiro atoms. The molecule has 47 heavy (non-hydrogen) atoms. The number of nitrogens with one attached hydrogen (secondary N) is 2. The molecule has 0 heterocycles. The molecule has 15 heteroatoms. The van der Waals surface area contributed by atoms with E-state index in [1.807, 2.05) is 0 Å². The average molecular weight is 703 g/mol. The highest BCUT2D eigenvalue weighted by Crippen LogP contribution is 2.51. The fourth-order valence-electron chi connectivity index (χ4n) is 6.33. The fourth-order valence-corrected chi connectivity index (χ4v) is 9.17. The molecule has 2 fully saturated rings.